The zero-order chi connectivity index (χ0) is 11.7. The average Bonchev–Trinajstić information content (AvgIpc) is 3.13. The first-order chi connectivity index (χ1) is 8.28. The van der Waals surface area contributed by atoms with Crippen molar-refractivity contribution in [2.24, 2.45) is 11.8 Å². The molecule has 0 aromatic rings. The van der Waals surface area contributed by atoms with Crippen LogP contribution < -0.4 is 5.32 Å². The Morgan fingerprint density at radius 3 is 2.88 bits per heavy atom. The molecule has 2 aliphatic carbocycles. The maximum absolute atomic E-state index is 6.31. The van der Waals surface area contributed by atoms with E-state index in [1.54, 1.807) is 0 Å². The van der Waals surface area contributed by atoms with Crippen LogP contribution in [-0.2, 0) is 4.74 Å². The second-order valence-corrected chi connectivity index (χ2v) is 6.64. The summed E-state index contributed by atoms with van der Waals surface area (Å²) in [6, 6.07) is 0.647. The topological polar surface area (TPSA) is 21.3 Å². The molecular formula is C15H27NO. The molecule has 2 saturated carbocycles. The van der Waals surface area contributed by atoms with Gasteiger partial charge in [-0.3, -0.25) is 0 Å². The third-order valence-corrected chi connectivity index (χ3v) is 5.14. The lowest BCUT2D eigenvalue weighted by atomic mass is 9.82. The molecule has 3 fully saturated rings. The number of morpholine rings is 1. The van der Waals surface area contributed by atoms with Crippen LogP contribution in [0.3, 0.4) is 0 Å². The van der Waals surface area contributed by atoms with E-state index in [1.165, 1.54) is 51.4 Å². The summed E-state index contributed by atoms with van der Waals surface area (Å²) < 4.78 is 6.31. The molecule has 98 valence electrons. The molecule has 0 bridgehead atoms. The Kier molecular flexibility index (Phi) is 3.45. The Bertz CT molecular complexity index is 264. The number of hydrogen-bond donors (Lipinski definition) is 1. The van der Waals surface area contributed by atoms with Gasteiger partial charge in [-0.05, 0) is 37.5 Å². The molecule has 1 saturated heterocycles. The van der Waals surface area contributed by atoms with Gasteiger partial charge in [0.1, 0.15) is 0 Å². The molecule has 0 aromatic carbocycles. The van der Waals surface area contributed by atoms with E-state index in [1.807, 2.05) is 0 Å². The van der Waals surface area contributed by atoms with Gasteiger partial charge in [0.25, 0.3) is 0 Å². The zero-order valence-electron chi connectivity index (χ0n) is 11.2. The summed E-state index contributed by atoms with van der Waals surface area (Å²) in [7, 11) is 0. The monoisotopic (exact) mass is 237 g/mol. The van der Waals surface area contributed by atoms with Crippen molar-refractivity contribution in [3.05, 3.63) is 0 Å². The smallest absolute Gasteiger partial charge is 0.0835 e. The van der Waals surface area contributed by atoms with Gasteiger partial charge in [-0.25, -0.2) is 0 Å². The van der Waals surface area contributed by atoms with Crippen molar-refractivity contribution in [2.45, 2.75) is 69.9 Å². The van der Waals surface area contributed by atoms with Crippen LogP contribution >= 0.6 is 0 Å². The normalized spacial score (nSPS) is 43.6. The van der Waals surface area contributed by atoms with Crippen molar-refractivity contribution in [1.29, 1.82) is 0 Å². The molecule has 3 unspecified atom stereocenters. The van der Waals surface area contributed by atoms with Crippen LogP contribution in [-0.4, -0.2) is 24.8 Å². The lowest BCUT2D eigenvalue weighted by Gasteiger charge is -2.44. The highest BCUT2D eigenvalue weighted by Gasteiger charge is 2.44. The van der Waals surface area contributed by atoms with Crippen molar-refractivity contribution in [1.82, 2.24) is 5.32 Å². The van der Waals surface area contributed by atoms with Gasteiger partial charge >= 0.3 is 0 Å². The summed E-state index contributed by atoms with van der Waals surface area (Å²) in [5, 5.41) is 3.77. The van der Waals surface area contributed by atoms with Crippen molar-refractivity contribution in [3.8, 4) is 0 Å². The van der Waals surface area contributed by atoms with Crippen LogP contribution in [0.25, 0.3) is 0 Å². The Hall–Kier alpha value is -0.0800. The minimum absolute atomic E-state index is 0.200. The van der Waals surface area contributed by atoms with E-state index in [0.717, 1.165) is 25.0 Å². The first-order valence-corrected chi connectivity index (χ1v) is 7.66. The van der Waals surface area contributed by atoms with Crippen molar-refractivity contribution < 1.29 is 4.74 Å². The van der Waals surface area contributed by atoms with Gasteiger partial charge in [0.05, 0.1) is 12.2 Å². The van der Waals surface area contributed by atoms with Crippen molar-refractivity contribution >= 4 is 0 Å². The molecule has 3 atom stereocenters. The SMILES string of the molecule is CC1CCCC2(CC1)OCCNC2CC1CC1. The standard InChI is InChI=1S/C15H27NO/c1-12-3-2-7-15(8-6-12)14(11-13-4-5-13)16-9-10-17-15/h12-14,16H,2-11H2,1H3. The van der Waals surface area contributed by atoms with E-state index in [2.05, 4.69) is 12.2 Å². The van der Waals surface area contributed by atoms with Gasteiger partial charge < -0.3 is 10.1 Å². The fourth-order valence-corrected chi connectivity index (χ4v) is 3.76. The summed E-state index contributed by atoms with van der Waals surface area (Å²) in [6.45, 7) is 4.40. The Morgan fingerprint density at radius 2 is 2.06 bits per heavy atom. The van der Waals surface area contributed by atoms with Gasteiger partial charge in [-0.1, -0.05) is 32.6 Å². The average molecular weight is 237 g/mol. The van der Waals surface area contributed by atoms with E-state index in [4.69, 9.17) is 4.74 Å². The summed E-state index contributed by atoms with van der Waals surface area (Å²) in [6.07, 6.45) is 11.0. The second-order valence-electron chi connectivity index (χ2n) is 6.64. The highest BCUT2D eigenvalue weighted by molar-refractivity contribution is 4.99. The molecule has 0 aromatic heterocycles. The maximum atomic E-state index is 6.31. The lowest BCUT2D eigenvalue weighted by molar-refractivity contribution is -0.109. The zero-order valence-corrected chi connectivity index (χ0v) is 11.2. The van der Waals surface area contributed by atoms with Crippen LogP contribution in [0, 0.1) is 11.8 Å². The third kappa shape index (κ3) is 2.68. The molecule has 2 heteroatoms. The van der Waals surface area contributed by atoms with E-state index in [9.17, 15) is 0 Å². The van der Waals surface area contributed by atoms with E-state index >= 15 is 0 Å². The van der Waals surface area contributed by atoms with E-state index < -0.39 is 0 Å². The van der Waals surface area contributed by atoms with Crippen LogP contribution in [0.1, 0.15) is 58.3 Å². The van der Waals surface area contributed by atoms with E-state index in [0.29, 0.717) is 6.04 Å². The number of rotatable bonds is 2. The highest BCUT2D eigenvalue weighted by Crippen LogP contribution is 2.42. The van der Waals surface area contributed by atoms with Crippen LogP contribution in [0.5, 0.6) is 0 Å². The summed E-state index contributed by atoms with van der Waals surface area (Å²) in [4.78, 5) is 0. The molecule has 0 amide bonds. The third-order valence-electron chi connectivity index (χ3n) is 5.14. The predicted octanol–water partition coefficient (Wildman–Crippen LogP) is 3.11. The first-order valence-electron chi connectivity index (χ1n) is 7.66. The van der Waals surface area contributed by atoms with Crippen LogP contribution in [0.15, 0.2) is 0 Å². The molecule has 17 heavy (non-hydrogen) atoms. The number of hydrogen-bond acceptors (Lipinski definition) is 2. The van der Waals surface area contributed by atoms with Crippen molar-refractivity contribution in [2.75, 3.05) is 13.2 Å². The molecular weight excluding hydrogens is 210 g/mol. The van der Waals surface area contributed by atoms with E-state index in [-0.39, 0.29) is 5.60 Å². The van der Waals surface area contributed by atoms with Gasteiger partial charge in [0.2, 0.25) is 0 Å². The molecule has 2 nitrogen and oxygen atoms in total. The second kappa shape index (κ2) is 4.89. The van der Waals surface area contributed by atoms with Gasteiger partial charge in [-0.2, -0.15) is 0 Å². The molecule has 1 spiro atoms. The van der Waals surface area contributed by atoms with Crippen molar-refractivity contribution in [3.63, 3.8) is 0 Å². The summed E-state index contributed by atoms with van der Waals surface area (Å²) >= 11 is 0. The van der Waals surface area contributed by atoms with Gasteiger partial charge in [0, 0.05) is 12.6 Å². The molecule has 1 heterocycles. The molecule has 3 rings (SSSR count). The molecule has 1 aliphatic heterocycles. The summed E-state index contributed by atoms with van der Waals surface area (Å²) in [5.41, 5.74) is 0.200. The molecule has 3 aliphatic rings. The molecule has 1 N–H and O–H groups in total. The Balaban J connectivity index is 1.70. The number of ether oxygens (including phenoxy) is 1. The highest BCUT2D eigenvalue weighted by atomic mass is 16.5. The fraction of sp³-hybridized carbons (Fsp3) is 1.00. The van der Waals surface area contributed by atoms with Gasteiger partial charge in [0.15, 0.2) is 0 Å². The van der Waals surface area contributed by atoms with Crippen LogP contribution in [0.2, 0.25) is 0 Å². The Labute approximate surface area is 105 Å². The largest absolute Gasteiger partial charge is 0.372 e. The summed E-state index contributed by atoms with van der Waals surface area (Å²) in [5.74, 6) is 1.91. The number of nitrogens with one attached hydrogen (secondary N) is 1. The van der Waals surface area contributed by atoms with Crippen LogP contribution in [0.4, 0.5) is 0 Å². The first kappa shape index (κ1) is 12.0. The van der Waals surface area contributed by atoms with Gasteiger partial charge in [-0.15, -0.1) is 0 Å². The fourth-order valence-electron chi connectivity index (χ4n) is 3.76. The Morgan fingerprint density at radius 1 is 1.18 bits per heavy atom. The molecule has 0 radical (unpaired) electrons. The minimum Gasteiger partial charge on any atom is -0.372 e. The maximum Gasteiger partial charge on any atom is 0.0835 e. The quantitative estimate of drug-likeness (QED) is 0.797. The lowest BCUT2D eigenvalue weighted by Crippen LogP contribution is -2.58. The predicted molar refractivity (Wildman–Crippen MR) is 70.1 cm³/mol. The minimum atomic E-state index is 0.200.